The maximum atomic E-state index is 14.0. The number of nitrogens with one attached hydrogen (secondary N) is 1. The Morgan fingerprint density at radius 1 is 1.17 bits per heavy atom. The number of hydrogen-bond acceptors (Lipinski definition) is 5. The average Bonchev–Trinajstić information content (AvgIpc) is 2.75. The van der Waals surface area contributed by atoms with Gasteiger partial charge < -0.3 is 10.8 Å². The second-order valence-corrected chi connectivity index (χ2v) is 4.75. The fraction of sp³-hybridized carbons (Fsp3) is 0. The van der Waals surface area contributed by atoms with Gasteiger partial charge in [-0.3, -0.25) is 24.3 Å². The van der Waals surface area contributed by atoms with Crippen LogP contribution in [0.4, 0.5) is 10.2 Å². The lowest BCUT2D eigenvalue weighted by Crippen LogP contribution is -2.25. The van der Waals surface area contributed by atoms with Crippen molar-refractivity contribution in [2.24, 2.45) is 0 Å². The number of carboxylic acid groups (broad SMARTS) is 1. The Kier molecular flexibility index (Phi) is 2.99. The first-order chi connectivity index (χ1) is 10.8. The lowest BCUT2D eigenvalue weighted by atomic mass is 10.1. The van der Waals surface area contributed by atoms with Gasteiger partial charge in [0.2, 0.25) is 0 Å². The molecule has 0 saturated carbocycles. The molecule has 1 aliphatic heterocycles. The number of halogens is 1. The third-order valence-electron chi connectivity index (χ3n) is 3.39. The van der Waals surface area contributed by atoms with E-state index in [0.29, 0.717) is 4.57 Å². The molecule has 0 spiro atoms. The molecule has 0 radical (unpaired) electrons. The topological polar surface area (TPSA) is 131 Å². The number of anilines is 1. The third-order valence-corrected chi connectivity index (χ3v) is 3.39. The first-order valence-corrected chi connectivity index (χ1v) is 6.25. The van der Waals surface area contributed by atoms with Crippen LogP contribution in [0.25, 0.3) is 5.69 Å². The van der Waals surface area contributed by atoms with Gasteiger partial charge in [0.25, 0.3) is 17.4 Å². The first kappa shape index (κ1) is 14.4. The Bertz CT molecular complexity index is 964. The van der Waals surface area contributed by atoms with Gasteiger partial charge in [-0.2, -0.15) is 0 Å². The molecule has 0 aliphatic carbocycles. The van der Waals surface area contributed by atoms with E-state index >= 15 is 0 Å². The van der Waals surface area contributed by atoms with Gasteiger partial charge in [-0.25, -0.2) is 9.18 Å². The standard InChI is InChI=1S/C14H8FN3O5/c15-7-2-1-5(14(22)23)3-8(7)18-9(19)4-6-10(11(18)16)13(21)17-12(6)20/h1-4H,16H2,(H,22,23)(H,17,20,21). The summed E-state index contributed by atoms with van der Waals surface area (Å²) < 4.78 is 14.7. The van der Waals surface area contributed by atoms with Gasteiger partial charge in [0.15, 0.2) is 0 Å². The molecule has 23 heavy (non-hydrogen) atoms. The van der Waals surface area contributed by atoms with Crippen molar-refractivity contribution < 1.29 is 23.9 Å². The van der Waals surface area contributed by atoms with Crippen LogP contribution < -0.4 is 16.6 Å². The summed E-state index contributed by atoms with van der Waals surface area (Å²) in [5.74, 6) is -4.27. The van der Waals surface area contributed by atoms with E-state index in [2.05, 4.69) is 0 Å². The number of rotatable bonds is 2. The van der Waals surface area contributed by atoms with Crippen molar-refractivity contribution in [3.8, 4) is 5.69 Å². The van der Waals surface area contributed by atoms with Gasteiger partial charge in [-0.05, 0) is 18.2 Å². The fourth-order valence-electron chi connectivity index (χ4n) is 2.34. The smallest absolute Gasteiger partial charge is 0.335 e. The van der Waals surface area contributed by atoms with Crippen LogP contribution in [0.15, 0.2) is 29.1 Å². The van der Waals surface area contributed by atoms with Crippen molar-refractivity contribution in [3.63, 3.8) is 0 Å². The van der Waals surface area contributed by atoms with Crippen LogP contribution >= 0.6 is 0 Å². The number of imide groups is 1. The maximum absolute atomic E-state index is 14.0. The quantitative estimate of drug-likeness (QED) is 0.675. The van der Waals surface area contributed by atoms with Crippen molar-refractivity contribution in [2.75, 3.05) is 5.73 Å². The highest BCUT2D eigenvalue weighted by molar-refractivity contribution is 6.23. The van der Waals surface area contributed by atoms with E-state index in [1.165, 1.54) is 0 Å². The molecular weight excluding hydrogens is 309 g/mol. The molecular formula is C14H8FN3O5. The average molecular weight is 317 g/mol. The highest BCUT2D eigenvalue weighted by Gasteiger charge is 2.32. The number of carbonyl (C=O) groups excluding carboxylic acids is 2. The van der Waals surface area contributed by atoms with E-state index < -0.39 is 40.7 Å². The van der Waals surface area contributed by atoms with E-state index in [-0.39, 0.29) is 16.7 Å². The summed E-state index contributed by atoms with van der Waals surface area (Å²) in [6.07, 6.45) is 0. The summed E-state index contributed by atoms with van der Waals surface area (Å²) in [6, 6.07) is 3.64. The number of amides is 2. The molecule has 8 nitrogen and oxygen atoms in total. The van der Waals surface area contributed by atoms with E-state index in [1.807, 2.05) is 5.32 Å². The molecule has 1 aliphatic rings. The lowest BCUT2D eigenvalue weighted by Gasteiger charge is -2.13. The van der Waals surface area contributed by atoms with Crippen LogP contribution in [-0.4, -0.2) is 27.5 Å². The summed E-state index contributed by atoms with van der Waals surface area (Å²) in [4.78, 5) is 46.4. The first-order valence-electron chi connectivity index (χ1n) is 6.25. The molecule has 2 aromatic rings. The summed E-state index contributed by atoms with van der Waals surface area (Å²) in [5.41, 5.74) is 3.73. The zero-order chi connectivity index (χ0) is 16.9. The minimum Gasteiger partial charge on any atom is -0.478 e. The van der Waals surface area contributed by atoms with Crippen LogP contribution in [-0.2, 0) is 0 Å². The Balaban J connectivity index is 2.35. The molecule has 116 valence electrons. The number of pyridine rings is 1. The Hall–Kier alpha value is -3.49. The number of hydrogen-bond donors (Lipinski definition) is 3. The second-order valence-electron chi connectivity index (χ2n) is 4.75. The summed E-state index contributed by atoms with van der Waals surface area (Å²) in [7, 11) is 0. The van der Waals surface area contributed by atoms with Gasteiger partial charge >= 0.3 is 5.97 Å². The van der Waals surface area contributed by atoms with Gasteiger partial charge in [0, 0.05) is 6.07 Å². The van der Waals surface area contributed by atoms with Crippen LogP contribution in [0.5, 0.6) is 0 Å². The van der Waals surface area contributed by atoms with Gasteiger partial charge in [0.05, 0.1) is 22.4 Å². The van der Waals surface area contributed by atoms with Crippen LogP contribution in [0.3, 0.4) is 0 Å². The number of aromatic carboxylic acids is 1. The van der Waals surface area contributed by atoms with Crippen molar-refractivity contribution in [3.05, 3.63) is 57.1 Å². The largest absolute Gasteiger partial charge is 0.478 e. The minimum absolute atomic E-state index is 0.205. The molecule has 4 N–H and O–H groups in total. The normalized spacial score (nSPS) is 12.9. The second kappa shape index (κ2) is 4.77. The van der Waals surface area contributed by atoms with Crippen LogP contribution in [0.1, 0.15) is 31.1 Å². The number of carbonyl (C=O) groups is 3. The Morgan fingerprint density at radius 3 is 2.52 bits per heavy atom. The summed E-state index contributed by atoms with van der Waals surface area (Å²) in [5, 5.41) is 10.9. The van der Waals surface area contributed by atoms with Crippen molar-refractivity contribution >= 4 is 23.6 Å². The molecule has 0 bridgehead atoms. The molecule has 3 rings (SSSR count). The molecule has 2 amide bonds. The van der Waals surface area contributed by atoms with Crippen LogP contribution in [0, 0.1) is 5.82 Å². The number of benzene rings is 1. The highest BCUT2D eigenvalue weighted by Crippen LogP contribution is 2.24. The third kappa shape index (κ3) is 2.06. The molecule has 2 heterocycles. The zero-order valence-corrected chi connectivity index (χ0v) is 11.3. The molecule has 9 heteroatoms. The predicted molar refractivity (Wildman–Crippen MR) is 75.2 cm³/mol. The van der Waals surface area contributed by atoms with E-state index in [0.717, 1.165) is 24.3 Å². The summed E-state index contributed by atoms with van der Waals surface area (Å²) >= 11 is 0. The SMILES string of the molecule is Nc1c2c(cc(=O)n1-c1cc(C(=O)O)ccc1F)C(=O)NC2=O. The van der Waals surface area contributed by atoms with Crippen molar-refractivity contribution in [1.82, 2.24) is 9.88 Å². The van der Waals surface area contributed by atoms with E-state index in [9.17, 15) is 23.6 Å². The lowest BCUT2D eigenvalue weighted by molar-refractivity contribution is 0.0696. The van der Waals surface area contributed by atoms with Gasteiger partial charge in [0.1, 0.15) is 11.6 Å². The van der Waals surface area contributed by atoms with Gasteiger partial charge in [-0.15, -0.1) is 0 Å². The number of fused-ring (bicyclic) bond motifs is 1. The highest BCUT2D eigenvalue weighted by atomic mass is 19.1. The zero-order valence-electron chi connectivity index (χ0n) is 11.3. The molecule has 0 saturated heterocycles. The van der Waals surface area contributed by atoms with E-state index in [1.54, 1.807) is 0 Å². The molecule has 0 fully saturated rings. The monoisotopic (exact) mass is 317 g/mol. The molecule has 1 aromatic heterocycles. The maximum Gasteiger partial charge on any atom is 0.335 e. The minimum atomic E-state index is -1.33. The van der Waals surface area contributed by atoms with Crippen molar-refractivity contribution in [1.29, 1.82) is 0 Å². The number of nitrogens with zero attached hydrogens (tertiary/aromatic N) is 1. The Labute approximate surface area is 127 Å². The molecule has 0 atom stereocenters. The molecule has 0 unspecified atom stereocenters. The number of nitrogens with two attached hydrogens (primary N) is 1. The number of carboxylic acids is 1. The summed E-state index contributed by atoms with van der Waals surface area (Å²) in [6.45, 7) is 0. The fourth-order valence-corrected chi connectivity index (χ4v) is 2.34. The van der Waals surface area contributed by atoms with Gasteiger partial charge in [-0.1, -0.05) is 0 Å². The van der Waals surface area contributed by atoms with Crippen molar-refractivity contribution in [2.45, 2.75) is 0 Å². The Morgan fingerprint density at radius 2 is 1.87 bits per heavy atom. The van der Waals surface area contributed by atoms with Crippen LogP contribution in [0.2, 0.25) is 0 Å². The predicted octanol–water partition coefficient (Wildman–Crippen LogP) is 0.141. The number of nitrogen functional groups attached to an aromatic ring is 1. The van der Waals surface area contributed by atoms with E-state index in [4.69, 9.17) is 10.8 Å². The number of aromatic nitrogens is 1. The molecule has 1 aromatic carbocycles.